The molecule has 0 aliphatic rings. The summed E-state index contributed by atoms with van der Waals surface area (Å²) in [6.07, 6.45) is 1.53. The summed E-state index contributed by atoms with van der Waals surface area (Å²) in [5, 5.41) is 7.79. The molecule has 0 spiro atoms. The first-order valence-electron chi connectivity index (χ1n) is 11.1. The first-order valence-corrected chi connectivity index (χ1v) is 11.5. The Kier molecular flexibility index (Phi) is 5.58. The topological polar surface area (TPSA) is 63.3 Å². The van der Waals surface area contributed by atoms with Gasteiger partial charge >= 0.3 is 0 Å². The number of nitrogens with one attached hydrogen (secondary N) is 1. The lowest BCUT2D eigenvalue weighted by molar-refractivity contribution is 0.589. The third-order valence-corrected chi connectivity index (χ3v) is 6.29. The van der Waals surface area contributed by atoms with Crippen LogP contribution >= 0.6 is 11.6 Å². The number of fused-ring (bicyclic) bond motifs is 2. The second-order valence-electron chi connectivity index (χ2n) is 9.38. The van der Waals surface area contributed by atoms with Gasteiger partial charge in [0, 0.05) is 27.4 Å². The van der Waals surface area contributed by atoms with Gasteiger partial charge in [-0.2, -0.15) is 5.10 Å². The molecule has 0 fully saturated rings. The van der Waals surface area contributed by atoms with Crippen LogP contribution in [-0.2, 0) is 5.41 Å². The Morgan fingerprint density at radius 3 is 2.44 bits per heavy atom. The van der Waals surface area contributed by atoms with Crippen LogP contribution in [0.5, 0.6) is 0 Å². The highest BCUT2D eigenvalue weighted by Gasteiger charge is 2.14. The van der Waals surface area contributed by atoms with Crippen molar-refractivity contribution in [1.82, 2.24) is 9.97 Å². The molecule has 34 heavy (non-hydrogen) atoms. The molecule has 0 aliphatic carbocycles. The number of anilines is 1. The van der Waals surface area contributed by atoms with Crippen LogP contribution in [0.2, 0.25) is 5.02 Å². The van der Waals surface area contributed by atoms with E-state index in [2.05, 4.69) is 60.4 Å². The summed E-state index contributed by atoms with van der Waals surface area (Å²) in [4.78, 5) is 8.70. The Bertz CT molecular complexity index is 1580. The molecule has 2 heterocycles. The Morgan fingerprint density at radius 2 is 1.68 bits per heavy atom. The van der Waals surface area contributed by atoms with Crippen LogP contribution in [-0.4, -0.2) is 9.97 Å². The summed E-state index contributed by atoms with van der Waals surface area (Å²) >= 11 is 6.45. The molecular formula is C28H25ClN4O. The minimum Gasteiger partial charge on any atom is -0.456 e. The van der Waals surface area contributed by atoms with Gasteiger partial charge in [-0.15, -0.1) is 0 Å². The summed E-state index contributed by atoms with van der Waals surface area (Å²) in [6, 6.07) is 22.0. The van der Waals surface area contributed by atoms with E-state index in [4.69, 9.17) is 21.1 Å². The first-order chi connectivity index (χ1) is 16.3. The van der Waals surface area contributed by atoms with Gasteiger partial charge < -0.3 is 4.42 Å². The van der Waals surface area contributed by atoms with Crippen LogP contribution in [0.15, 0.2) is 82.6 Å². The molecular weight excluding hydrogens is 444 g/mol. The van der Waals surface area contributed by atoms with Crippen molar-refractivity contribution in [3.8, 4) is 11.3 Å². The summed E-state index contributed by atoms with van der Waals surface area (Å²) in [5.74, 6) is 1.36. The van der Waals surface area contributed by atoms with Gasteiger partial charge in [0.15, 0.2) is 5.82 Å². The number of para-hydroxylation sites is 1. The molecule has 5 aromatic rings. The molecule has 6 heteroatoms. The number of hydrogen-bond donors (Lipinski definition) is 1. The van der Waals surface area contributed by atoms with Gasteiger partial charge in [0.2, 0.25) is 0 Å². The summed E-state index contributed by atoms with van der Waals surface area (Å²) in [6.45, 7) is 8.57. The van der Waals surface area contributed by atoms with Gasteiger partial charge in [-0.05, 0) is 47.7 Å². The van der Waals surface area contributed by atoms with Crippen molar-refractivity contribution in [3.63, 3.8) is 0 Å². The molecule has 0 saturated carbocycles. The lowest BCUT2D eigenvalue weighted by Gasteiger charge is -2.19. The van der Waals surface area contributed by atoms with E-state index >= 15 is 0 Å². The molecule has 0 bridgehead atoms. The van der Waals surface area contributed by atoms with Crippen molar-refractivity contribution in [2.24, 2.45) is 5.10 Å². The lowest BCUT2D eigenvalue weighted by Crippen LogP contribution is -2.10. The van der Waals surface area contributed by atoms with Crippen LogP contribution in [0, 0.1) is 6.92 Å². The lowest BCUT2D eigenvalue weighted by atomic mass is 9.86. The van der Waals surface area contributed by atoms with Crippen molar-refractivity contribution >= 4 is 39.3 Å². The molecule has 0 amide bonds. The van der Waals surface area contributed by atoms with Gasteiger partial charge in [-0.3, -0.25) is 5.43 Å². The molecule has 170 valence electrons. The summed E-state index contributed by atoms with van der Waals surface area (Å²) in [5.41, 5.74) is 7.96. The number of nitrogens with zero attached hydrogens (tertiary/aromatic N) is 3. The maximum atomic E-state index is 6.45. The van der Waals surface area contributed by atoms with Crippen LogP contribution < -0.4 is 10.8 Å². The fourth-order valence-electron chi connectivity index (χ4n) is 3.87. The zero-order valence-corrected chi connectivity index (χ0v) is 20.3. The third kappa shape index (κ3) is 4.27. The molecule has 5 nitrogen and oxygen atoms in total. The molecule has 1 N–H and O–H groups in total. The van der Waals surface area contributed by atoms with Crippen LogP contribution in [0.25, 0.3) is 33.2 Å². The molecule has 0 unspecified atom stereocenters. The van der Waals surface area contributed by atoms with E-state index in [0.717, 1.165) is 33.2 Å². The monoisotopic (exact) mass is 468 g/mol. The third-order valence-electron chi connectivity index (χ3n) is 5.89. The Hall–Kier alpha value is -3.70. The average Bonchev–Trinajstić information content (AvgIpc) is 2.83. The summed E-state index contributed by atoms with van der Waals surface area (Å²) in [7, 11) is 0. The molecule has 0 radical (unpaired) electrons. The Balaban J connectivity index is 1.66. The fraction of sp³-hybridized carbons (Fsp3) is 0.179. The predicted molar refractivity (Wildman–Crippen MR) is 139 cm³/mol. The highest BCUT2D eigenvalue weighted by atomic mass is 35.5. The molecule has 0 aliphatic heterocycles. The largest absolute Gasteiger partial charge is 0.456 e. The first kappa shape index (κ1) is 22.1. The van der Waals surface area contributed by atoms with E-state index in [-0.39, 0.29) is 5.41 Å². The minimum atomic E-state index is 0.0810. The summed E-state index contributed by atoms with van der Waals surface area (Å²) < 4.78 is 6.30. The maximum Gasteiger partial charge on any atom is 0.157 e. The van der Waals surface area contributed by atoms with E-state index in [0.29, 0.717) is 21.8 Å². The number of aromatic nitrogens is 2. The van der Waals surface area contributed by atoms with Crippen LogP contribution in [0.4, 0.5) is 5.82 Å². The molecule has 0 atom stereocenters. The SMILES string of the molecule is Cc1cc2oc(-c3ccc(C(C)(C)C)cc3)cc(=NNc3ncnc4ccccc34)c2cc1Cl. The smallest absolute Gasteiger partial charge is 0.157 e. The number of rotatable bonds is 3. The number of hydrogen-bond acceptors (Lipinski definition) is 5. The van der Waals surface area contributed by atoms with Gasteiger partial charge in [0.05, 0.1) is 10.9 Å². The molecule has 5 rings (SSSR count). The van der Waals surface area contributed by atoms with Crippen molar-refractivity contribution in [3.05, 3.63) is 94.6 Å². The van der Waals surface area contributed by atoms with Gasteiger partial charge in [-0.25, -0.2) is 9.97 Å². The quantitative estimate of drug-likeness (QED) is 0.284. The van der Waals surface area contributed by atoms with Gasteiger partial charge in [0.1, 0.15) is 17.7 Å². The van der Waals surface area contributed by atoms with Crippen molar-refractivity contribution in [2.75, 3.05) is 5.43 Å². The van der Waals surface area contributed by atoms with Crippen LogP contribution in [0.1, 0.15) is 31.9 Å². The normalized spacial score (nSPS) is 12.4. The average molecular weight is 469 g/mol. The van der Waals surface area contributed by atoms with E-state index in [1.54, 1.807) is 0 Å². The second-order valence-corrected chi connectivity index (χ2v) is 9.79. The van der Waals surface area contributed by atoms with Crippen molar-refractivity contribution < 1.29 is 4.42 Å². The molecule has 0 saturated heterocycles. The zero-order chi connectivity index (χ0) is 23.9. The van der Waals surface area contributed by atoms with Crippen molar-refractivity contribution in [1.29, 1.82) is 0 Å². The Morgan fingerprint density at radius 1 is 0.912 bits per heavy atom. The fourth-order valence-corrected chi connectivity index (χ4v) is 4.03. The van der Waals surface area contributed by atoms with Gasteiger partial charge in [-0.1, -0.05) is 68.8 Å². The molecule has 3 aromatic carbocycles. The van der Waals surface area contributed by atoms with E-state index in [1.165, 1.54) is 11.9 Å². The number of benzene rings is 3. The highest BCUT2D eigenvalue weighted by molar-refractivity contribution is 6.32. The van der Waals surface area contributed by atoms with E-state index in [1.807, 2.05) is 49.4 Å². The van der Waals surface area contributed by atoms with Crippen LogP contribution in [0.3, 0.4) is 0 Å². The van der Waals surface area contributed by atoms with E-state index < -0.39 is 0 Å². The standard InChI is InChI=1S/C28H25ClN4O/c1-17-13-26-21(14-22(17)29)24(32-33-27-20-7-5-6-8-23(20)30-16-31-27)15-25(34-26)18-9-11-19(12-10-18)28(2,3)4/h5-16H,1-4H3,(H,30,31,33). The minimum absolute atomic E-state index is 0.0810. The van der Waals surface area contributed by atoms with Gasteiger partial charge in [0.25, 0.3) is 0 Å². The number of aryl methyl sites for hydroxylation is 1. The van der Waals surface area contributed by atoms with E-state index in [9.17, 15) is 0 Å². The molecule has 2 aromatic heterocycles. The second kappa shape index (κ2) is 8.58. The maximum absolute atomic E-state index is 6.45. The zero-order valence-electron chi connectivity index (χ0n) is 19.6. The Labute approximate surface area is 203 Å². The predicted octanol–water partition coefficient (Wildman–Crippen LogP) is 7.23. The van der Waals surface area contributed by atoms with Crippen molar-refractivity contribution in [2.45, 2.75) is 33.1 Å². The highest BCUT2D eigenvalue weighted by Crippen LogP contribution is 2.29. The number of halogens is 1.